The van der Waals surface area contributed by atoms with Crippen LogP contribution >= 0.6 is 11.3 Å². The van der Waals surface area contributed by atoms with Crippen LogP contribution in [0.5, 0.6) is 0 Å². The quantitative estimate of drug-likeness (QED) is 0.320. The number of hydrogen-bond donors (Lipinski definition) is 2. The fourth-order valence-corrected chi connectivity index (χ4v) is 5.20. The van der Waals surface area contributed by atoms with Gasteiger partial charge in [-0.2, -0.15) is 0 Å². The van der Waals surface area contributed by atoms with E-state index in [1.807, 2.05) is 6.92 Å². The number of aromatic nitrogens is 1. The minimum Gasteiger partial charge on any atom is -0.386 e. The summed E-state index contributed by atoms with van der Waals surface area (Å²) in [5.74, 6) is 0. The van der Waals surface area contributed by atoms with Crippen LogP contribution in [-0.4, -0.2) is 54.8 Å². The van der Waals surface area contributed by atoms with Crippen molar-refractivity contribution in [1.29, 1.82) is 0 Å². The van der Waals surface area contributed by atoms with Crippen LogP contribution in [0.4, 0.5) is 5.69 Å². The van der Waals surface area contributed by atoms with Crippen LogP contribution in [0.15, 0.2) is 78.5 Å². The van der Waals surface area contributed by atoms with Crippen LogP contribution in [-0.2, 0) is 13.1 Å². The van der Waals surface area contributed by atoms with E-state index in [9.17, 15) is 0 Å². The third kappa shape index (κ3) is 6.55. The molecule has 0 radical (unpaired) electrons. The van der Waals surface area contributed by atoms with Crippen molar-refractivity contribution in [1.82, 2.24) is 25.6 Å². The van der Waals surface area contributed by atoms with Gasteiger partial charge in [-0.05, 0) is 36.7 Å². The fourth-order valence-electron chi connectivity index (χ4n) is 4.40. The van der Waals surface area contributed by atoms with Crippen LogP contribution in [0, 0.1) is 6.92 Å². The molecule has 0 aliphatic carbocycles. The van der Waals surface area contributed by atoms with E-state index in [-0.39, 0.29) is 0 Å². The smallest absolute Gasteiger partial charge is 0.123 e. The molecule has 0 bridgehead atoms. The molecule has 0 atom stereocenters. The number of hydrazine groups is 1. The van der Waals surface area contributed by atoms with Gasteiger partial charge in [0.15, 0.2) is 0 Å². The van der Waals surface area contributed by atoms with E-state index in [2.05, 4.69) is 107 Å². The van der Waals surface area contributed by atoms with E-state index < -0.39 is 0 Å². The zero-order valence-electron chi connectivity index (χ0n) is 21.8. The minimum absolute atomic E-state index is 0.692. The average Bonchev–Trinajstić information content (AvgIpc) is 3.52. The van der Waals surface area contributed by atoms with Crippen molar-refractivity contribution >= 4 is 17.0 Å². The Balaban J connectivity index is 1.49. The van der Waals surface area contributed by atoms with Gasteiger partial charge in [-0.25, -0.2) is 9.99 Å². The molecule has 1 aliphatic rings. The van der Waals surface area contributed by atoms with Crippen LogP contribution in [0.3, 0.4) is 0 Å². The average molecular weight is 503 g/mol. The topological polar surface area (TPSA) is 46.7 Å². The molecular formula is C29H38N6S. The number of benzene rings is 2. The van der Waals surface area contributed by atoms with E-state index in [0.717, 1.165) is 66.1 Å². The lowest BCUT2D eigenvalue weighted by Gasteiger charge is -2.35. The van der Waals surface area contributed by atoms with Crippen molar-refractivity contribution in [2.24, 2.45) is 0 Å². The summed E-state index contributed by atoms with van der Waals surface area (Å²) in [6, 6.07) is 17.3. The molecule has 2 aromatic carbocycles. The maximum Gasteiger partial charge on any atom is 0.123 e. The predicted molar refractivity (Wildman–Crippen MR) is 153 cm³/mol. The van der Waals surface area contributed by atoms with E-state index in [4.69, 9.17) is 4.98 Å². The van der Waals surface area contributed by atoms with E-state index in [0.29, 0.717) is 13.1 Å². The molecule has 0 saturated carbocycles. The summed E-state index contributed by atoms with van der Waals surface area (Å²) in [5.41, 5.74) is 8.13. The predicted octanol–water partition coefficient (Wildman–Crippen LogP) is 5.01. The Kier molecular flexibility index (Phi) is 8.80. The van der Waals surface area contributed by atoms with Crippen molar-refractivity contribution in [2.45, 2.75) is 26.9 Å². The molecule has 0 amide bonds. The van der Waals surface area contributed by atoms with Gasteiger partial charge in [0.25, 0.3) is 0 Å². The molecule has 1 aromatic heterocycles. The fraction of sp³-hybridized carbons (Fsp3) is 0.345. The number of nitrogens with zero attached hydrogens (tertiary/aromatic N) is 4. The third-order valence-electron chi connectivity index (χ3n) is 6.47. The highest BCUT2D eigenvalue weighted by Gasteiger charge is 2.23. The zero-order chi connectivity index (χ0) is 25.5. The van der Waals surface area contributed by atoms with Crippen LogP contribution in [0.1, 0.15) is 23.7 Å². The Morgan fingerprint density at radius 1 is 1.06 bits per heavy atom. The van der Waals surface area contributed by atoms with Gasteiger partial charge in [0, 0.05) is 66.9 Å². The summed E-state index contributed by atoms with van der Waals surface area (Å²) in [4.78, 5) is 7.03. The highest BCUT2D eigenvalue weighted by molar-refractivity contribution is 7.13. The van der Waals surface area contributed by atoms with Crippen molar-refractivity contribution in [3.05, 3.63) is 95.3 Å². The number of nitrogens with one attached hydrogen (secondary N) is 2. The Morgan fingerprint density at radius 2 is 1.81 bits per heavy atom. The van der Waals surface area contributed by atoms with Crippen molar-refractivity contribution in [3.8, 4) is 10.6 Å². The first-order chi connectivity index (χ1) is 17.4. The first kappa shape index (κ1) is 25.9. The second-order valence-electron chi connectivity index (χ2n) is 9.27. The number of hydrogen-bond acceptors (Lipinski definition) is 7. The van der Waals surface area contributed by atoms with E-state index >= 15 is 0 Å². The summed E-state index contributed by atoms with van der Waals surface area (Å²) in [6.45, 7) is 18.9. The van der Waals surface area contributed by atoms with Gasteiger partial charge in [0.05, 0.1) is 13.1 Å². The van der Waals surface area contributed by atoms with Crippen molar-refractivity contribution < 1.29 is 0 Å². The van der Waals surface area contributed by atoms with E-state index in [1.165, 1.54) is 11.1 Å². The standard InChI is InChI=1S/C29H38N6S/c1-6-30-14-15-31-22(2)17-34(28-13-9-12-25(16-28)29-32-23(3)21-36-29)18-24(4)33(5)35-19-26-10-7-8-11-27(26)20-35/h7-13,16,21,30-31H,2,4,6,14-15,17-20H2,1,3,5H3. The van der Waals surface area contributed by atoms with Gasteiger partial charge in [0.1, 0.15) is 5.01 Å². The normalized spacial score (nSPS) is 12.9. The largest absolute Gasteiger partial charge is 0.386 e. The summed E-state index contributed by atoms with van der Waals surface area (Å²) in [5, 5.41) is 14.5. The lowest BCUT2D eigenvalue weighted by atomic mass is 10.1. The molecule has 1 aliphatic heterocycles. The molecule has 0 spiro atoms. The second-order valence-corrected chi connectivity index (χ2v) is 10.1. The van der Waals surface area contributed by atoms with Crippen LogP contribution in [0.25, 0.3) is 10.6 Å². The number of likely N-dealkylation sites (N-methyl/N-ethyl adjacent to an activating group) is 2. The summed E-state index contributed by atoms with van der Waals surface area (Å²) >= 11 is 1.68. The number of thiazole rings is 1. The SMILES string of the molecule is C=C(CN(CC(=C)N(C)N1Cc2ccccc2C1)c1cccc(-c2nc(C)cs2)c1)NCCNCC. The van der Waals surface area contributed by atoms with Crippen LogP contribution in [0.2, 0.25) is 0 Å². The molecule has 36 heavy (non-hydrogen) atoms. The third-order valence-corrected chi connectivity index (χ3v) is 7.47. The maximum atomic E-state index is 4.69. The number of rotatable bonds is 13. The molecule has 7 heteroatoms. The molecule has 3 aromatic rings. The van der Waals surface area contributed by atoms with Gasteiger partial charge < -0.3 is 20.5 Å². The molecule has 0 saturated heterocycles. The molecule has 2 N–H and O–H groups in total. The monoisotopic (exact) mass is 502 g/mol. The summed E-state index contributed by atoms with van der Waals surface area (Å²) < 4.78 is 0. The van der Waals surface area contributed by atoms with E-state index in [1.54, 1.807) is 11.3 Å². The summed E-state index contributed by atoms with van der Waals surface area (Å²) in [6.07, 6.45) is 0. The van der Waals surface area contributed by atoms with Crippen LogP contribution < -0.4 is 15.5 Å². The molecule has 190 valence electrons. The lowest BCUT2D eigenvalue weighted by molar-refractivity contribution is 0.0283. The van der Waals surface area contributed by atoms with Gasteiger partial charge in [0.2, 0.25) is 0 Å². The van der Waals surface area contributed by atoms with Crippen molar-refractivity contribution in [3.63, 3.8) is 0 Å². The maximum absolute atomic E-state index is 4.69. The number of aryl methyl sites for hydroxylation is 1. The van der Waals surface area contributed by atoms with Gasteiger partial charge in [-0.1, -0.05) is 56.5 Å². The number of fused-ring (bicyclic) bond motifs is 1. The lowest BCUT2D eigenvalue weighted by Crippen LogP contribution is -2.40. The minimum atomic E-state index is 0.692. The second kappa shape index (κ2) is 12.2. The van der Waals surface area contributed by atoms with Gasteiger partial charge in [-0.15, -0.1) is 11.3 Å². The highest BCUT2D eigenvalue weighted by atomic mass is 32.1. The first-order valence-electron chi connectivity index (χ1n) is 12.6. The molecule has 0 fully saturated rings. The molecule has 2 heterocycles. The summed E-state index contributed by atoms with van der Waals surface area (Å²) in [7, 11) is 2.12. The highest BCUT2D eigenvalue weighted by Crippen LogP contribution is 2.29. The van der Waals surface area contributed by atoms with Gasteiger partial charge >= 0.3 is 0 Å². The molecule has 4 rings (SSSR count). The Labute approximate surface area is 219 Å². The Bertz CT molecular complexity index is 1160. The van der Waals surface area contributed by atoms with Gasteiger partial charge in [-0.3, -0.25) is 0 Å². The Hall–Kier alpha value is -3.13. The number of anilines is 1. The molecular weight excluding hydrogens is 464 g/mol. The Morgan fingerprint density at radius 3 is 2.47 bits per heavy atom. The first-order valence-corrected chi connectivity index (χ1v) is 13.5. The molecule has 6 nitrogen and oxygen atoms in total. The zero-order valence-corrected chi connectivity index (χ0v) is 22.6. The van der Waals surface area contributed by atoms with Crippen molar-refractivity contribution in [2.75, 3.05) is 44.7 Å². The molecule has 0 unspecified atom stereocenters.